The Bertz CT molecular complexity index is 523. The van der Waals surface area contributed by atoms with E-state index >= 15 is 0 Å². The van der Waals surface area contributed by atoms with Crippen LogP contribution in [-0.4, -0.2) is 51.2 Å². The van der Waals surface area contributed by atoms with Crippen molar-refractivity contribution in [3.05, 3.63) is 30.3 Å². The smallest absolute Gasteiger partial charge is 0.279 e. The van der Waals surface area contributed by atoms with Crippen LogP contribution in [0.15, 0.2) is 0 Å². The third-order valence-corrected chi connectivity index (χ3v) is 4.55. The van der Waals surface area contributed by atoms with E-state index < -0.39 is 59.0 Å². The van der Waals surface area contributed by atoms with E-state index in [0.717, 1.165) is 0 Å². The number of hydrogen-bond donors (Lipinski definition) is 0. The van der Waals surface area contributed by atoms with Gasteiger partial charge in [0, 0.05) is 56.3 Å². The lowest BCUT2D eigenvalue weighted by Crippen LogP contribution is -2.39. The molecule has 0 rings (SSSR count). The molecule has 0 aliphatic rings. The van der Waals surface area contributed by atoms with Gasteiger partial charge in [0.15, 0.2) is 0 Å². The van der Waals surface area contributed by atoms with Crippen molar-refractivity contribution in [3.8, 4) is 0 Å². The van der Waals surface area contributed by atoms with Gasteiger partial charge in [0.2, 0.25) is 16.6 Å². The van der Waals surface area contributed by atoms with Crippen LogP contribution in [-0.2, 0) is 18.1 Å². The predicted octanol–water partition coefficient (Wildman–Crippen LogP) is 2.31. The normalized spacial score (nSPS) is 13.5. The minimum atomic E-state index is -4.54. The maximum atomic E-state index is 12.7. The maximum absolute atomic E-state index is 12.7. The van der Waals surface area contributed by atoms with Crippen molar-refractivity contribution in [1.82, 2.24) is 0 Å². The Morgan fingerprint density at radius 2 is 0.846 bits per heavy atom. The second kappa shape index (κ2) is 8.33. The first-order valence-electron chi connectivity index (χ1n) is 7.42. The third kappa shape index (κ3) is 7.28. The van der Waals surface area contributed by atoms with Gasteiger partial charge in [-0.15, -0.1) is 0 Å². The lowest BCUT2D eigenvalue weighted by atomic mass is 10.1. The van der Waals surface area contributed by atoms with Crippen molar-refractivity contribution in [2.24, 2.45) is 0 Å². The molecule has 0 heterocycles. The molecule has 0 atom stereocenters. The first-order chi connectivity index (χ1) is 11.5. The van der Waals surface area contributed by atoms with Crippen LogP contribution in [0.25, 0.3) is 0 Å². The zero-order valence-corrected chi connectivity index (χ0v) is 16.4. The van der Waals surface area contributed by atoms with Gasteiger partial charge in [-0.25, -0.2) is 4.57 Å². The van der Waals surface area contributed by atoms with E-state index in [1.165, 1.54) is 41.5 Å². The Kier molecular flexibility index (Phi) is 7.79. The Morgan fingerprint density at radius 3 is 1.00 bits per heavy atom. The van der Waals surface area contributed by atoms with Crippen molar-refractivity contribution in [2.75, 3.05) is 19.8 Å². The SMILES string of the molecule is CC(C)(COP(=O)(OCC(C)(C)[N+](=O)[O-])OCC(C)(C)[N+](=O)[O-])[N+](=O)[O-]. The van der Waals surface area contributed by atoms with Gasteiger partial charge in [-0.3, -0.25) is 43.9 Å². The molecule has 0 amide bonds. The summed E-state index contributed by atoms with van der Waals surface area (Å²) >= 11 is 0. The Balaban J connectivity index is 5.31. The number of hydrogen-bond acceptors (Lipinski definition) is 10. The monoisotopic (exact) mass is 401 g/mol. The topological polar surface area (TPSA) is 174 Å². The second-order valence-electron chi connectivity index (χ2n) is 7.48. The third-order valence-electron chi connectivity index (χ3n) is 3.21. The Labute approximate surface area is 150 Å². The van der Waals surface area contributed by atoms with Crippen molar-refractivity contribution >= 4 is 7.82 Å². The van der Waals surface area contributed by atoms with Crippen LogP contribution in [0, 0.1) is 30.3 Å². The molecular weight excluding hydrogens is 377 g/mol. The fraction of sp³-hybridized carbons (Fsp3) is 1.00. The number of rotatable bonds is 12. The molecule has 0 aliphatic carbocycles. The molecule has 0 aromatic carbocycles. The van der Waals surface area contributed by atoms with Gasteiger partial charge < -0.3 is 0 Å². The lowest BCUT2D eigenvalue weighted by molar-refractivity contribution is -0.565. The molecule has 0 fully saturated rings. The number of nitro groups is 3. The summed E-state index contributed by atoms with van der Waals surface area (Å²) in [7, 11) is -4.54. The van der Waals surface area contributed by atoms with E-state index in [2.05, 4.69) is 0 Å². The van der Waals surface area contributed by atoms with Crippen LogP contribution in [0.4, 0.5) is 0 Å². The second-order valence-corrected chi connectivity index (χ2v) is 9.15. The summed E-state index contributed by atoms with van der Waals surface area (Å²) in [5.41, 5.74) is -4.96. The molecule has 0 spiro atoms. The molecule has 0 radical (unpaired) electrons. The highest BCUT2D eigenvalue weighted by Crippen LogP contribution is 2.51. The molecule has 13 nitrogen and oxygen atoms in total. The van der Waals surface area contributed by atoms with Gasteiger partial charge in [0.05, 0.1) is 0 Å². The molecule has 0 aromatic heterocycles. The molecule has 0 saturated heterocycles. The maximum Gasteiger partial charge on any atom is 0.475 e. The van der Waals surface area contributed by atoms with E-state index in [1.807, 2.05) is 0 Å². The quantitative estimate of drug-likeness (QED) is 0.268. The van der Waals surface area contributed by atoms with Crippen LogP contribution in [0.1, 0.15) is 41.5 Å². The van der Waals surface area contributed by atoms with E-state index in [9.17, 15) is 34.9 Å². The zero-order chi connectivity index (χ0) is 21.0. The summed E-state index contributed by atoms with van der Waals surface area (Å²) in [4.78, 5) is 30.7. The summed E-state index contributed by atoms with van der Waals surface area (Å²) in [5.74, 6) is 0. The molecule has 0 aliphatic heterocycles. The van der Waals surface area contributed by atoms with Crippen LogP contribution in [0.3, 0.4) is 0 Å². The molecule has 152 valence electrons. The summed E-state index contributed by atoms with van der Waals surface area (Å²) in [6, 6.07) is 0. The van der Waals surface area contributed by atoms with Crippen molar-refractivity contribution < 1.29 is 32.9 Å². The lowest BCUT2D eigenvalue weighted by Gasteiger charge is -2.25. The van der Waals surface area contributed by atoms with Gasteiger partial charge in [0.1, 0.15) is 19.8 Å². The van der Waals surface area contributed by atoms with Crippen LogP contribution in [0.5, 0.6) is 0 Å². The molecule has 26 heavy (non-hydrogen) atoms. The van der Waals surface area contributed by atoms with Crippen molar-refractivity contribution in [1.29, 1.82) is 0 Å². The summed E-state index contributed by atoms with van der Waals surface area (Å²) < 4.78 is 27.5. The van der Waals surface area contributed by atoms with Gasteiger partial charge >= 0.3 is 7.82 Å². The standard InChI is InChI=1S/C12H24N3O10P/c1-10(2,13(16)17)7-23-26(22,24-8-11(3,4)14(18)19)25-9-12(5,6)15(20)21/h7-9H2,1-6H3. The molecule has 0 N–H and O–H groups in total. The van der Waals surface area contributed by atoms with E-state index in [1.54, 1.807) is 0 Å². The van der Waals surface area contributed by atoms with Crippen LogP contribution < -0.4 is 0 Å². The first-order valence-corrected chi connectivity index (χ1v) is 8.88. The average Bonchev–Trinajstić information content (AvgIpc) is 2.49. The molecule has 0 bridgehead atoms. The van der Waals surface area contributed by atoms with Gasteiger partial charge in [0.25, 0.3) is 0 Å². The van der Waals surface area contributed by atoms with Gasteiger partial charge in [-0.2, -0.15) is 0 Å². The highest BCUT2D eigenvalue weighted by molar-refractivity contribution is 7.48. The summed E-state index contributed by atoms with van der Waals surface area (Å²) in [6.45, 7) is 5.06. The zero-order valence-electron chi connectivity index (χ0n) is 15.5. The molecule has 14 heteroatoms. The van der Waals surface area contributed by atoms with Crippen LogP contribution in [0.2, 0.25) is 0 Å². The average molecular weight is 401 g/mol. The van der Waals surface area contributed by atoms with Gasteiger partial charge in [-0.05, 0) is 0 Å². The number of phosphoric ester groups is 1. The van der Waals surface area contributed by atoms with E-state index in [-0.39, 0.29) is 0 Å². The van der Waals surface area contributed by atoms with E-state index in [4.69, 9.17) is 13.6 Å². The molecule has 0 unspecified atom stereocenters. The minimum absolute atomic E-state index is 0.681. The van der Waals surface area contributed by atoms with Crippen molar-refractivity contribution in [3.63, 3.8) is 0 Å². The van der Waals surface area contributed by atoms with Crippen LogP contribution >= 0.6 is 7.82 Å². The fourth-order valence-electron chi connectivity index (χ4n) is 0.981. The van der Waals surface area contributed by atoms with E-state index in [0.29, 0.717) is 0 Å². The minimum Gasteiger partial charge on any atom is -0.279 e. The summed E-state index contributed by atoms with van der Waals surface area (Å²) in [5, 5.41) is 32.8. The molecular formula is C12H24N3O10P. The largest absolute Gasteiger partial charge is 0.475 e. The molecule has 0 aromatic rings. The fourth-order valence-corrected chi connectivity index (χ4v) is 2.63. The number of phosphoric acid groups is 1. The van der Waals surface area contributed by atoms with Gasteiger partial charge in [-0.1, -0.05) is 0 Å². The highest BCUT2D eigenvalue weighted by Gasteiger charge is 2.43. The predicted molar refractivity (Wildman–Crippen MR) is 88.7 cm³/mol. The Morgan fingerprint density at radius 1 is 0.654 bits per heavy atom. The number of nitrogens with zero attached hydrogens (tertiary/aromatic N) is 3. The Hall–Kier alpha value is -1.69. The van der Waals surface area contributed by atoms with Crippen molar-refractivity contribution in [2.45, 2.75) is 58.2 Å². The molecule has 0 saturated carbocycles. The summed E-state index contributed by atoms with van der Waals surface area (Å²) in [6.07, 6.45) is 0. The highest BCUT2D eigenvalue weighted by atomic mass is 31.2. The first kappa shape index (κ1) is 24.3.